The average molecular weight is 641 g/mol. The van der Waals surface area contributed by atoms with Gasteiger partial charge in [0.15, 0.2) is 41.7 Å². The first-order chi connectivity index (χ1) is 21.4. The van der Waals surface area contributed by atoms with Crippen LogP contribution in [-0.4, -0.2) is 138 Å². The molecule has 0 spiro atoms. The van der Waals surface area contributed by atoms with E-state index in [2.05, 4.69) is 0 Å². The summed E-state index contributed by atoms with van der Waals surface area (Å²) in [6, 6.07) is 7.91. The van der Waals surface area contributed by atoms with E-state index < -0.39 is 86.3 Å². The Morgan fingerprint density at radius 3 is 2.02 bits per heavy atom. The number of hydrogen-bond acceptors (Lipinski definition) is 16. The van der Waals surface area contributed by atoms with Gasteiger partial charge >= 0.3 is 5.97 Å². The highest BCUT2D eigenvalue weighted by atomic mass is 16.7. The Labute approximate surface area is 256 Å². The number of rotatable bonds is 11. The number of aromatic hydroxyl groups is 4. The summed E-state index contributed by atoms with van der Waals surface area (Å²) in [5.74, 6) is -2.46. The van der Waals surface area contributed by atoms with Gasteiger partial charge in [-0.3, -0.25) is 0 Å². The lowest BCUT2D eigenvalue weighted by Gasteiger charge is -2.43. The van der Waals surface area contributed by atoms with Crippen LogP contribution in [0, 0.1) is 0 Å². The second-order valence-electron chi connectivity index (χ2n) is 10.5. The van der Waals surface area contributed by atoms with Gasteiger partial charge in [-0.1, -0.05) is 12.1 Å². The molecule has 2 saturated heterocycles. The van der Waals surface area contributed by atoms with Crippen LogP contribution in [-0.2, 0) is 34.9 Å². The molecule has 2 fully saturated rings. The number of aliphatic hydroxyl groups is 6. The monoisotopic (exact) mass is 640 g/mol. The average Bonchev–Trinajstić information content (AvgIpc) is 3.01. The van der Waals surface area contributed by atoms with Crippen molar-refractivity contribution < 1.29 is 79.5 Å². The maximum absolute atomic E-state index is 12.7. The minimum Gasteiger partial charge on any atom is -0.504 e. The molecule has 16 nitrogen and oxygen atoms in total. The van der Waals surface area contributed by atoms with E-state index in [1.807, 2.05) is 0 Å². The predicted octanol–water partition coefficient (Wildman–Crippen LogP) is -2.04. The molecule has 2 heterocycles. The molecule has 10 N–H and O–H groups in total. The number of ether oxygens (including phenoxy) is 5. The van der Waals surface area contributed by atoms with Gasteiger partial charge < -0.3 is 74.7 Å². The molecular formula is C29H36O16. The lowest BCUT2D eigenvalue weighted by atomic mass is 9.98. The third-order valence-electron chi connectivity index (χ3n) is 7.29. The van der Waals surface area contributed by atoms with Gasteiger partial charge in [-0.15, -0.1) is 0 Å². The van der Waals surface area contributed by atoms with Crippen LogP contribution in [0.3, 0.4) is 0 Å². The van der Waals surface area contributed by atoms with Crippen LogP contribution >= 0.6 is 0 Å². The number of hydrogen-bond donors (Lipinski definition) is 10. The van der Waals surface area contributed by atoms with Gasteiger partial charge in [0.2, 0.25) is 0 Å². The molecule has 2 aliphatic rings. The van der Waals surface area contributed by atoms with E-state index in [4.69, 9.17) is 23.7 Å². The highest BCUT2D eigenvalue weighted by Gasteiger charge is 2.49. The molecule has 2 aromatic carbocycles. The van der Waals surface area contributed by atoms with E-state index in [0.717, 1.165) is 6.08 Å². The molecule has 0 aliphatic carbocycles. The molecule has 2 aliphatic heterocycles. The largest absolute Gasteiger partial charge is 0.504 e. The number of carbonyl (C=O) groups is 1. The third-order valence-corrected chi connectivity index (χ3v) is 7.29. The molecule has 0 aromatic heterocycles. The second kappa shape index (κ2) is 15.2. The summed E-state index contributed by atoms with van der Waals surface area (Å²) in [5.41, 5.74) is 0.889. The van der Waals surface area contributed by atoms with E-state index in [-0.39, 0.29) is 30.3 Å². The van der Waals surface area contributed by atoms with Crippen molar-refractivity contribution in [2.75, 3.05) is 19.8 Å². The summed E-state index contributed by atoms with van der Waals surface area (Å²) < 4.78 is 27.6. The highest BCUT2D eigenvalue weighted by Crippen LogP contribution is 2.29. The molecule has 0 saturated carbocycles. The minimum atomic E-state index is -1.79. The standard InChI is InChI=1S/C29H36O16/c30-11-19-22(36)23(37)25(39)29(43-19)42-12-20-27(45-21(35)6-3-13-1-4-15(31)17(33)9-13)24(38)26(40)28(44-20)41-8-7-14-2-5-16(32)18(34)10-14/h1-6,9-10,19-20,22-34,36-40H,7-8,11-12H2/t19-,20-,22-,23+,24-,25-,26-,27-,28-,29-/m1/s1. The van der Waals surface area contributed by atoms with Crippen LogP contribution in [0.1, 0.15) is 11.1 Å². The van der Waals surface area contributed by atoms with Crippen LogP contribution in [0.4, 0.5) is 0 Å². The summed E-state index contributed by atoms with van der Waals surface area (Å²) in [7, 11) is 0. The van der Waals surface area contributed by atoms with Crippen LogP contribution < -0.4 is 0 Å². The van der Waals surface area contributed by atoms with Crippen molar-refractivity contribution in [3.05, 3.63) is 53.6 Å². The molecule has 4 rings (SSSR count). The van der Waals surface area contributed by atoms with Crippen molar-refractivity contribution in [3.8, 4) is 23.0 Å². The van der Waals surface area contributed by atoms with E-state index in [1.54, 1.807) is 0 Å². The van der Waals surface area contributed by atoms with Gasteiger partial charge in [-0.25, -0.2) is 4.79 Å². The summed E-state index contributed by atoms with van der Waals surface area (Å²) in [6.45, 7) is -1.38. The van der Waals surface area contributed by atoms with Crippen LogP contribution in [0.2, 0.25) is 0 Å². The summed E-state index contributed by atoms with van der Waals surface area (Å²) in [4.78, 5) is 12.7. The molecule has 45 heavy (non-hydrogen) atoms. The topological polar surface area (TPSA) is 266 Å². The van der Waals surface area contributed by atoms with Gasteiger partial charge in [-0.05, 0) is 47.9 Å². The fourth-order valence-electron chi connectivity index (χ4n) is 4.72. The van der Waals surface area contributed by atoms with Gasteiger partial charge in [0.1, 0.15) is 42.7 Å². The van der Waals surface area contributed by atoms with Crippen molar-refractivity contribution >= 4 is 12.0 Å². The molecular weight excluding hydrogens is 604 g/mol. The van der Waals surface area contributed by atoms with Crippen molar-refractivity contribution in [1.82, 2.24) is 0 Å². The highest BCUT2D eigenvalue weighted by molar-refractivity contribution is 5.87. The van der Waals surface area contributed by atoms with E-state index >= 15 is 0 Å². The zero-order chi connectivity index (χ0) is 32.8. The number of benzene rings is 2. The SMILES string of the molecule is O=C(C=Cc1ccc(O)c(O)c1)O[C@H]1[C@H](O)[C@@H](O)[C@H](OCCc2ccc(O)c(O)c2)O[C@@H]1CO[C@@H]1O[C@H](CO)[C@@H](O)[C@H](O)[C@H]1O. The van der Waals surface area contributed by atoms with Gasteiger partial charge in [0.05, 0.1) is 19.8 Å². The Hall–Kier alpha value is -3.55. The molecule has 248 valence electrons. The normalized spacial score (nSPS) is 32.0. The maximum atomic E-state index is 12.7. The molecule has 16 heteroatoms. The van der Waals surface area contributed by atoms with Crippen molar-refractivity contribution in [1.29, 1.82) is 0 Å². The lowest BCUT2D eigenvalue weighted by molar-refractivity contribution is -0.331. The first-order valence-corrected chi connectivity index (χ1v) is 13.9. The maximum Gasteiger partial charge on any atom is 0.331 e. The Kier molecular flexibility index (Phi) is 11.6. The first-order valence-electron chi connectivity index (χ1n) is 13.9. The Morgan fingerprint density at radius 2 is 1.36 bits per heavy atom. The Bertz CT molecular complexity index is 1320. The number of phenols is 4. The first kappa shape index (κ1) is 34.3. The number of phenolic OH excluding ortho intramolecular Hbond substituents is 4. The molecule has 10 atom stereocenters. The predicted molar refractivity (Wildman–Crippen MR) is 149 cm³/mol. The number of aliphatic hydroxyl groups excluding tert-OH is 6. The van der Waals surface area contributed by atoms with E-state index in [1.165, 1.54) is 42.5 Å². The van der Waals surface area contributed by atoms with Crippen molar-refractivity contribution in [2.45, 2.75) is 67.8 Å². The van der Waals surface area contributed by atoms with E-state index in [9.17, 15) is 55.9 Å². The molecule has 2 aromatic rings. The second-order valence-corrected chi connectivity index (χ2v) is 10.5. The zero-order valence-electron chi connectivity index (χ0n) is 23.6. The quantitative estimate of drug-likeness (QED) is 0.0720. The molecule has 0 radical (unpaired) electrons. The smallest absolute Gasteiger partial charge is 0.331 e. The summed E-state index contributed by atoms with van der Waals surface area (Å²) >= 11 is 0. The van der Waals surface area contributed by atoms with E-state index in [0.29, 0.717) is 11.1 Å². The van der Waals surface area contributed by atoms with Gasteiger partial charge in [0.25, 0.3) is 0 Å². The number of carbonyl (C=O) groups excluding carboxylic acids is 1. The van der Waals surface area contributed by atoms with Crippen LogP contribution in [0.15, 0.2) is 42.5 Å². The van der Waals surface area contributed by atoms with Gasteiger partial charge in [0, 0.05) is 6.08 Å². The summed E-state index contributed by atoms with van der Waals surface area (Å²) in [5, 5.41) is 99.8. The van der Waals surface area contributed by atoms with Crippen LogP contribution in [0.5, 0.6) is 23.0 Å². The van der Waals surface area contributed by atoms with Crippen molar-refractivity contribution in [3.63, 3.8) is 0 Å². The number of esters is 1. The fraction of sp³-hybridized carbons (Fsp3) is 0.483. The molecule has 0 bridgehead atoms. The minimum absolute atomic E-state index is 0.0916. The van der Waals surface area contributed by atoms with Gasteiger partial charge in [-0.2, -0.15) is 0 Å². The molecule has 0 amide bonds. The summed E-state index contributed by atoms with van der Waals surface area (Å²) in [6.07, 6.45) is -13.6. The molecule has 0 unspecified atom stereocenters. The lowest BCUT2D eigenvalue weighted by Crippen LogP contribution is -2.62. The third kappa shape index (κ3) is 8.39. The zero-order valence-corrected chi connectivity index (χ0v) is 23.6. The van der Waals surface area contributed by atoms with Crippen molar-refractivity contribution in [2.24, 2.45) is 0 Å². The van der Waals surface area contributed by atoms with Crippen LogP contribution in [0.25, 0.3) is 6.08 Å². The Morgan fingerprint density at radius 1 is 0.733 bits per heavy atom. The Balaban J connectivity index is 1.46. The fourth-order valence-corrected chi connectivity index (χ4v) is 4.72.